The lowest BCUT2D eigenvalue weighted by atomic mass is 9.45. The van der Waals surface area contributed by atoms with Crippen LogP contribution in [0.5, 0.6) is 0 Å². The fourth-order valence-electron chi connectivity index (χ4n) is 8.20. The van der Waals surface area contributed by atoms with E-state index in [1.54, 1.807) is 0 Å². The molecule has 0 aromatic heterocycles. The van der Waals surface area contributed by atoms with Crippen LogP contribution in [0.1, 0.15) is 78.1 Å². The molecule has 30 heavy (non-hydrogen) atoms. The topological polar surface area (TPSA) is 72.5 Å². The number of hydrogen-bond acceptors (Lipinski definition) is 5. The van der Waals surface area contributed by atoms with Crippen molar-refractivity contribution in [1.29, 1.82) is 0 Å². The number of rotatable bonds is 2. The number of ether oxygens (including phenoxy) is 1. The third-order valence-corrected chi connectivity index (χ3v) is 10.1. The zero-order valence-corrected chi connectivity index (χ0v) is 18.6. The van der Waals surface area contributed by atoms with Gasteiger partial charge >= 0.3 is 5.97 Å². The van der Waals surface area contributed by atoms with Gasteiger partial charge in [-0.25, -0.2) is 0 Å². The molecule has 0 spiro atoms. The number of piperidine rings is 1. The van der Waals surface area contributed by atoms with Crippen molar-refractivity contribution in [3.05, 3.63) is 0 Å². The van der Waals surface area contributed by atoms with Crippen LogP contribution in [0.3, 0.4) is 0 Å². The van der Waals surface area contributed by atoms with Gasteiger partial charge in [-0.05, 0) is 87.6 Å². The van der Waals surface area contributed by atoms with E-state index in [9.17, 15) is 14.4 Å². The number of ketones is 2. The van der Waals surface area contributed by atoms with Gasteiger partial charge in [-0.1, -0.05) is 13.8 Å². The number of nitrogens with one attached hydrogen (secondary N) is 1. The van der Waals surface area contributed by atoms with E-state index >= 15 is 0 Å². The van der Waals surface area contributed by atoms with Gasteiger partial charge in [0, 0.05) is 24.2 Å². The molecule has 7 atom stereocenters. The van der Waals surface area contributed by atoms with Gasteiger partial charge in [0.15, 0.2) is 0 Å². The Bertz CT molecular complexity index is 743. The summed E-state index contributed by atoms with van der Waals surface area (Å²) in [5.41, 5.74) is -0.184. The fraction of sp³-hybridized carbons (Fsp3) is 0.880. The van der Waals surface area contributed by atoms with Gasteiger partial charge in [-0.15, -0.1) is 0 Å². The molecular formula is C25H37NO4. The monoisotopic (exact) mass is 415 g/mol. The van der Waals surface area contributed by atoms with Crippen molar-refractivity contribution in [2.45, 2.75) is 84.2 Å². The normalized spacial score (nSPS) is 46.7. The second-order valence-corrected chi connectivity index (χ2v) is 11.4. The lowest BCUT2D eigenvalue weighted by molar-refractivity contribution is -0.172. The van der Waals surface area contributed by atoms with Gasteiger partial charge in [0.2, 0.25) is 0 Å². The van der Waals surface area contributed by atoms with E-state index in [0.29, 0.717) is 48.6 Å². The van der Waals surface area contributed by atoms with Crippen molar-refractivity contribution >= 4 is 17.5 Å². The highest BCUT2D eigenvalue weighted by Crippen LogP contribution is 2.64. The highest BCUT2D eigenvalue weighted by molar-refractivity contribution is 5.88. The lowest BCUT2D eigenvalue weighted by Gasteiger charge is -2.59. The van der Waals surface area contributed by atoms with Gasteiger partial charge in [-0.2, -0.15) is 0 Å². The number of carbonyl (C=O) groups excluding carboxylic acids is 3. The molecule has 0 aromatic rings. The van der Waals surface area contributed by atoms with E-state index in [1.165, 1.54) is 0 Å². The summed E-state index contributed by atoms with van der Waals surface area (Å²) in [5.74, 6) is 2.07. The number of fused-ring (bicyclic) bond motifs is 5. The van der Waals surface area contributed by atoms with Gasteiger partial charge in [-0.3, -0.25) is 14.4 Å². The largest absolute Gasteiger partial charge is 0.462 e. The van der Waals surface area contributed by atoms with Gasteiger partial charge in [0.1, 0.15) is 17.7 Å². The third kappa shape index (κ3) is 3.10. The number of Topliss-reactive ketones (excluding diaryl/α,β-unsaturated/α-hetero) is 2. The first-order chi connectivity index (χ1) is 14.3. The molecule has 5 aliphatic rings. The van der Waals surface area contributed by atoms with Gasteiger partial charge < -0.3 is 10.1 Å². The molecule has 0 bridgehead atoms. The van der Waals surface area contributed by atoms with E-state index in [2.05, 4.69) is 19.2 Å². The standard InChI is InChI=1S/C25H37NO4/c1-24-9-5-16(30-23(29)15-7-11-26-12-8-15)13-20(24)21(27)14-17-18-3-4-22(28)25(18,2)10-6-19(17)24/h15-20,26H,3-14H2,1-2H3/t16?,17-,18-,19+,20?,24+,25-/m0/s1. The average molecular weight is 416 g/mol. The highest BCUT2D eigenvalue weighted by atomic mass is 16.5. The maximum Gasteiger partial charge on any atom is 0.309 e. The lowest BCUT2D eigenvalue weighted by Crippen LogP contribution is -2.57. The summed E-state index contributed by atoms with van der Waals surface area (Å²) in [4.78, 5) is 38.6. The van der Waals surface area contributed by atoms with Crippen molar-refractivity contribution < 1.29 is 19.1 Å². The van der Waals surface area contributed by atoms with Crippen LogP contribution < -0.4 is 5.32 Å². The summed E-state index contributed by atoms with van der Waals surface area (Å²) in [6, 6.07) is 0. The minimum Gasteiger partial charge on any atom is -0.462 e. The molecule has 5 rings (SSSR count). The predicted molar refractivity (Wildman–Crippen MR) is 113 cm³/mol. The van der Waals surface area contributed by atoms with E-state index < -0.39 is 0 Å². The molecular weight excluding hydrogens is 378 g/mol. The zero-order valence-electron chi connectivity index (χ0n) is 18.6. The third-order valence-electron chi connectivity index (χ3n) is 10.1. The van der Waals surface area contributed by atoms with Crippen LogP contribution in [0.15, 0.2) is 0 Å². The second kappa shape index (κ2) is 7.43. The Morgan fingerprint density at radius 3 is 2.53 bits per heavy atom. The van der Waals surface area contributed by atoms with Crippen molar-refractivity contribution in [1.82, 2.24) is 5.32 Å². The Kier molecular flexibility index (Phi) is 5.11. The Balaban J connectivity index is 1.30. The Morgan fingerprint density at radius 2 is 1.77 bits per heavy atom. The van der Waals surface area contributed by atoms with Crippen molar-refractivity contribution in [2.24, 2.45) is 40.4 Å². The van der Waals surface area contributed by atoms with E-state index in [4.69, 9.17) is 4.74 Å². The molecule has 5 heteroatoms. The quantitative estimate of drug-likeness (QED) is 0.697. The molecule has 5 fully saturated rings. The Morgan fingerprint density at radius 1 is 1.00 bits per heavy atom. The maximum absolute atomic E-state index is 13.4. The summed E-state index contributed by atoms with van der Waals surface area (Å²) in [6.07, 6.45) is 8.52. The predicted octanol–water partition coefficient (Wildman–Crippen LogP) is 3.69. The van der Waals surface area contributed by atoms with E-state index in [-0.39, 0.29) is 34.7 Å². The van der Waals surface area contributed by atoms with Crippen LogP contribution in [-0.2, 0) is 19.1 Å². The van der Waals surface area contributed by atoms with Crippen molar-refractivity contribution in [2.75, 3.05) is 13.1 Å². The van der Waals surface area contributed by atoms with Gasteiger partial charge in [0.25, 0.3) is 0 Å². The Hall–Kier alpha value is -1.23. The minimum atomic E-state index is -0.188. The average Bonchev–Trinajstić information content (AvgIpc) is 3.04. The smallest absolute Gasteiger partial charge is 0.309 e. The van der Waals surface area contributed by atoms with Crippen molar-refractivity contribution in [3.63, 3.8) is 0 Å². The fourth-order valence-corrected chi connectivity index (χ4v) is 8.20. The molecule has 1 N–H and O–H groups in total. The first-order valence-corrected chi connectivity index (χ1v) is 12.3. The molecule has 1 saturated heterocycles. The second-order valence-electron chi connectivity index (χ2n) is 11.4. The SMILES string of the molecule is C[C@]12CCC(OC(=O)C3CCNCC3)CC1C(=O)C[C@@H]1[C@H]2CC[C@]2(C)C(=O)CC[C@@H]12. The summed E-state index contributed by atoms with van der Waals surface area (Å²) in [7, 11) is 0. The number of esters is 1. The molecule has 1 aliphatic heterocycles. The van der Waals surface area contributed by atoms with Crippen molar-refractivity contribution in [3.8, 4) is 0 Å². The summed E-state index contributed by atoms with van der Waals surface area (Å²) in [5, 5.41) is 3.30. The minimum absolute atomic E-state index is 0.00460. The van der Waals surface area contributed by atoms with Crippen LogP contribution in [0.4, 0.5) is 0 Å². The molecule has 166 valence electrons. The van der Waals surface area contributed by atoms with Crippen LogP contribution in [-0.4, -0.2) is 36.7 Å². The number of carbonyl (C=O) groups is 3. The molecule has 2 unspecified atom stereocenters. The number of hydrogen-bond donors (Lipinski definition) is 1. The van der Waals surface area contributed by atoms with Crippen LogP contribution in [0.2, 0.25) is 0 Å². The Labute approximate surface area is 180 Å². The van der Waals surface area contributed by atoms with E-state index in [0.717, 1.165) is 58.0 Å². The highest BCUT2D eigenvalue weighted by Gasteiger charge is 2.62. The first-order valence-electron chi connectivity index (χ1n) is 12.3. The molecule has 1 heterocycles. The van der Waals surface area contributed by atoms with E-state index in [1.807, 2.05) is 0 Å². The maximum atomic E-state index is 13.4. The van der Waals surface area contributed by atoms with Crippen LogP contribution in [0.25, 0.3) is 0 Å². The van der Waals surface area contributed by atoms with Crippen LogP contribution in [0, 0.1) is 40.4 Å². The summed E-state index contributed by atoms with van der Waals surface area (Å²) < 4.78 is 5.95. The molecule has 4 aliphatic carbocycles. The molecule has 5 nitrogen and oxygen atoms in total. The molecule has 0 aromatic carbocycles. The summed E-state index contributed by atoms with van der Waals surface area (Å²) >= 11 is 0. The molecule has 0 radical (unpaired) electrons. The molecule has 4 saturated carbocycles. The first kappa shape index (κ1) is 20.7. The van der Waals surface area contributed by atoms with Gasteiger partial charge in [0.05, 0.1) is 5.92 Å². The zero-order chi connectivity index (χ0) is 21.1. The molecule has 0 amide bonds. The summed E-state index contributed by atoms with van der Waals surface area (Å²) in [6.45, 7) is 6.26. The van der Waals surface area contributed by atoms with Crippen LogP contribution >= 0.6 is 0 Å².